The molecule has 4 heteroatoms. The molecule has 1 fully saturated rings. The van der Waals surface area contributed by atoms with Crippen molar-refractivity contribution in [1.82, 2.24) is 10.2 Å². The fourth-order valence-electron chi connectivity index (χ4n) is 2.73. The van der Waals surface area contributed by atoms with Gasteiger partial charge in [0, 0.05) is 37.7 Å². The van der Waals surface area contributed by atoms with E-state index in [1.807, 2.05) is 18.4 Å². The molecule has 0 bridgehead atoms. The van der Waals surface area contributed by atoms with Crippen LogP contribution in [0.25, 0.3) is 0 Å². The Bertz CT molecular complexity index is 368. The van der Waals surface area contributed by atoms with Gasteiger partial charge in [-0.05, 0) is 44.7 Å². The van der Waals surface area contributed by atoms with Crippen LogP contribution in [0.3, 0.4) is 0 Å². The molecule has 0 aromatic carbocycles. The molecular formula is C15H26N2OS. The number of hydrogen-bond acceptors (Lipinski definition) is 4. The molecule has 2 rings (SSSR count). The van der Waals surface area contributed by atoms with Crippen molar-refractivity contribution in [3.63, 3.8) is 0 Å². The summed E-state index contributed by atoms with van der Waals surface area (Å²) in [4.78, 5) is 3.96. The zero-order chi connectivity index (χ0) is 13.7. The summed E-state index contributed by atoms with van der Waals surface area (Å²) in [5.41, 5.74) is 0.0419. The first-order chi connectivity index (χ1) is 9.13. The van der Waals surface area contributed by atoms with Crippen LogP contribution in [0.15, 0.2) is 17.5 Å². The van der Waals surface area contributed by atoms with Crippen LogP contribution in [0, 0.1) is 0 Å². The highest BCUT2D eigenvalue weighted by Gasteiger charge is 2.32. The first-order valence-corrected chi connectivity index (χ1v) is 8.03. The minimum Gasteiger partial charge on any atom is -0.377 e. The van der Waals surface area contributed by atoms with Gasteiger partial charge in [-0.1, -0.05) is 6.07 Å². The lowest BCUT2D eigenvalue weighted by atomic mass is 9.94. The van der Waals surface area contributed by atoms with Gasteiger partial charge in [-0.2, -0.15) is 0 Å². The lowest BCUT2D eigenvalue weighted by molar-refractivity contribution is -0.0592. The molecule has 0 radical (unpaired) electrons. The van der Waals surface area contributed by atoms with Crippen molar-refractivity contribution in [2.24, 2.45) is 0 Å². The third kappa shape index (κ3) is 4.28. The van der Waals surface area contributed by atoms with E-state index in [0.29, 0.717) is 6.04 Å². The molecule has 2 unspecified atom stereocenters. The van der Waals surface area contributed by atoms with Gasteiger partial charge < -0.3 is 10.1 Å². The number of nitrogens with one attached hydrogen (secondary N) is 1. The molecule has 1 aliphatic heterocycles. The molecule has 0 aliphatic carbocycles. The molecule has 2 heterocycles. The molecule has 1 N–H and O–H groups in total. The van der Waals surface area contributed by atoms with Crippen LogP contribution in [0.5, 0.6) is 0 Å². The summed E-state index contributed by atoms with van der Waals surface area (Å²) < 4.78 is 5.66. The van der Waals surface area contributed by atoms with Crippen LogP contribution >= 0.6 is 11.3 Å². The maximum Gasteiger partial charge on any atom is 0.0777 e. The molecule has 1 saturated heterocycles. The molecule has 3 nitrogen and oxygen atoms in total. The Morgan fingerprint density at radius 3 is 3.11 bits per heavy atom. The topological polar surface area (TPSA) is 24.5 Å². The summed E-state index contributed by atoms with van der Waals surface area (Å²) in [7, 11) is 1.84. The average Bonchev–Trinajstić information content (AvgIpc) is 2.92. The van der Waals surface area contributed by atoms with Gasteiger partial charge in [-0.15, -0.1) is 11.3 Å². The van der Waals surface area contributed by atoms with Gasteiger partial charge in [0.15, 0.2) is 0 Å². The second-order valence-electron chi connectivity index (χ2n) is 5.79. The maximum absolute atomic E-state index is 5.66. The zero-order valence-corrected chi connectivity index (χ0v) is 13.1. The Labute approximate surface area is 121 Å². The van der Waals surface area contributed by atoms with E-state index in [1.54, 1.807) is 0 Å². The lowest BCUT2D eigenvalue weighted by Crippen LogP contribution is -2.52. The van der Waals surface area contributed by atoms with Crippen molar-refractivity contribution in [3.05, 3.63) is 22.4 Å². The van der Waals surface area contributed by atoms with Crippen LogP contribution in [-0.2, 0) is 11.3 Å². The van der Waals surface area contributed by atoms with Crippen molar-refractivity contribution < 1.29 is 4.74 Å². The SMILES string of the molecule is COC1(C)CCCN(C(C)CNCc2cccs2)C1. The number of nitrogens with zero attached hydrogens (tertiary/aromatic N) is 1. The molecule has 108 valence electrons. The number of likely N-dealkylation sites (tertiary alicyclic amines) is 1. The fourth-order valence-corrected chi connectivity index (χ4v) is 3.41. The van der Waals surface area contributed by atoms with E-state index >= 15 is 0 Å². The largest absolute Gasteiger partial charge is 0.377 e. The van der Waals surface area contributed by atoms with Crippen molar-refractivity contribution in [3.8, 4) is 0 Å². The van der Waals surface area contributed by atoms with Crippen LogP contribution < -0.4 is 5.32 Å². The van der Waals surface area contributed by atoms with Crippen molar-refractivity contribution in [1.29, 1.82) is 0 Å². The highest BCUT2D eigenvalue weighted by atomic mass is 32.1. The Kier molecular flexibility index (Phi) is 5.39. The minimum atomic E-state index is 0.0419. The van der Waals surface area contributed by atoms with E-state index in [0.717, 1.165) is 19.6 Å². The van der Waals surface area contributed by atoms with Crippen LogP contribution in [0.4, 0.5) is 0 Å². The average molecular weight is 282 g/mol. The summed E-state index contributed by atoms with van der Waals surface area (Å²) in [5.74, 6) is 0. The van der Waals surface area contributed by atoms with Gasteiger partial charge >= 0.3 is 0 Å². The zero-order valence-electron chi connectivity index (χ0n) is 12.3. The van der Waals surface area contributed by atoms with Crippen LogP contribution in [0.2, 0.25) is 0 Å². The summed E-state index contributed by atoms with van der Waals surface area (Å²) in [6, 6.07) is 4.86. The van der Waals surface area contributed by atoms with E-state index in [2.05, 4.69) is 41.6 Å². The molecule has 0 saturated carbocycles. The number of thiophene rings is 1. The summed E-state index contributed by atoms with van der Waals surface area (Å²) in [5, 5.41) is 5.69. The molecule has 0 amide bonds. The van der Waals surface area contributed by atoms with Gasteiger partial charge in [0.05, 0.1) is 5.60 Å². The fraction of sp³-hybridized carbons (Fsp3) is 0.733. The Morgan fingerprint density at radius 2 is 2.42 bits per heavy atom. The molecule has 1 aromatic rings. The summed E-state index contributed by atoms with van der Waals surface area (Å²) >= 11 is 1.82. The van der Waals surface area contributed by atoms with Crippen molar-refractivity contribution in [2.45, 2.75) is 44.9 Å². The quantitative estimate of drug-likeness (QED) is 0.868. The number of ether oxygens (including phenoxy) is 1. The molecule has 19 heavy (non-hydrogen) atoms. The summed E-state index contributed by atoms with van der Waals surface area (Å²) in [6.45, 7) is 8.80. The maximum atomic E-state index is 5.66. The second kappa shape index (κ2) is 6.84. The third-order valence-electron chi connectivity index (χ3n) is 4.12. The van der Waals surface area contributed by atoms with Gasteiger partial charge in [-0.3, -0.25) is 4.90 Å². The molecular weight excluding hydrogens is 256 g/mol. The molecule has 1 aromatic heterocycles. The van der Waals surface area contributed by atoms with E-state index in [1.165, 1.54) is 24.3 Å². The number of methoxy groups -OCH3 is 1. The van der Waals surface area contributed by atoms with Gasteiger partial charge in [0.25, 0.3) is 0 Å². The normalized spacial score (nSPS) is 26.5. The Balaban J connectivity index is 1.74. The monoisotopic (exact) mass is 282 g/mol. The first kappa shape index (κ1) is 15.0. The Hall–Kier alpha value is -0.420. The number of rotatable bonds is 6. The highest BCUT2D eigenvalue weighted by Crippen LogP contribution is 2.25. The lowest BCUT2D eigenvalue weighted by Gasteiger charge is -2.42. The Morgan fingerprint density at radius 1 is 1.58 bits per heavy atom. The third-order valence-corrected chi connectivity index (χ3v) is 5.00. The number of piperidine rings is 1. The van der Waals surface area contributed by atoms with E-state index in [4.69, 9.17) is 4.74 Å². The van der Waals surface area contributed by atoms with E-state index in [-0.39, 0.29) is 5.60 Å². The highest BCUT2D eigenvalue weighted by molar-refractivity contribution is 7.09. The smallest absolute Gasteiger partial charge is 0.0777 e. The summed E-state index contributed by atoms with van der Waals surface area (Å²) in [6.07, 6.45) is 2.41. The van der Waals surface area contributed by atoms with Gasteiger partial charge in [0.1, 0.15) is 0 Å². The van der Waals surface area contributed by atoms with Gasteiger partial charge in [0.2, 0.25) is 0 Å². The predicted octanol–water partition coefficient (Wildman–Crippen LogP) is 2.73. The standard InChI is InChI=1S/C15H26N2OS/c1-13(10-16-11-14-6-4-9-19-14)17-8-5-7-15(2,12-17)18-3/h4,6,9,13,16H,5,7-8,10-12H2,1-3H3. The van der Waals surface area contributed by atoms with Gasteiger partial charge in [-0.25, -0.2) is 0 Å². The molecule has 2 atom stereocenters. The second-order valence-corrected chi connectivity index (χ2v) is 6.82. The van der Waals surface area contributed by atoms with E-state index in [9.17, 15) is 0 Å². The van der Waals surface area contributed by atoms with Crippen molar-refractivity contribution >= 4 is 11.3 Å². The predicted molar refractivity (Wildman–Crippen MR) is 81.7 cm³/mol. The minimum absolute atomic E-state index is 0.0419. The molecule has 0 spiro atoms. The van der Waals surface area contributed by atoms with E-state index < -0.39 is 0 Å². The molecule has 1 aliphatic rings. The van der Waals surface area contributed by atoms with Crippen LogP contribution in [0.1, 0.15) is 31.6 Å². The van der Waals surface area contributed by atoms with Crippen LogP contribution in [-0.4, -0.2) is 43.3 Å². The number of hydrogen-bond donors (Lipinski definition) is 1. The first-order valence-electron chi connectivity index (χ1n) is 7.15. The van der Waals surface area contributed by atoms with Crippen molar-refractivity contribution in [2.75, 3.05) is 26.7 Å².